The Morgan fingerprint density at radius 1 is 1.31 bits per heavy atom. The van der Waals surface area contributed by atoms with Crippen LogP contribution in [0.15, 0.2) is 18.6 Å². The zero-order chi connectivity index (χ0) is 18.5. The number of nitrogens with one attached hydrogen (secondary N) is 2. The molecule has 3 rings (SSSR count). The van der Waals surface area contributed by atoms with Crippen molar-refractivity contribution in [1.82, 2.24) is 30.0 Å². The Morgan fingerprint density at radius 2 is 2.08 bits per heavy atom. The number of piperidine rings is 1. The first-order chi connectivity index (χ1) is 12.5. The number of amides is 2. The van der Waals surface area contributed by atoms with E-state index in [2.05, 4.69) is 20.5 Å². The number of likely N-dealkylation sites (tertiary alicyclic amines) is 1. The van der Waals surface area contributed by atoms with Crippen LogP contribution in [0, 0.1) is 19.8 Å². The summed E-state index contributed by atoms with van der Waals surface area (Å²) in [6.07, 6.45) is 7.50. The molecule has 2 aromatic rings. The molecule has 0 spiro atoms. The minimum absolute atomic E-state index is 0.0230. The molecule has 2 N–H and O–H groups in total. The van der Waals surface area contributed by atoms with Crippen molar-refractivity contribution in [3.8, 4) is 0 Å². The van der Waals surface area contributed by atoms with Gasteiger partial charge in [-0.1, -0.05) is 0 Å². The van der Waals surface area contributed by atoms with Crippen LogP contribution in [-0.2, 0) is 11.3 Å². The van der Waals surface area contributed by atoms with Crippen molar-refractivity contribution in [2.45, 2.75) is 39.7 Å². The molecule has 2 amide bonds. The third kappa shape index (κ3) is 4.30. The number of carbonyl (C=O) groups is 2. The van der Waals surface area contributed by atoms with Gasteiger partial charge in [-0.15, -0.1) is 0 Å². The van der Waals surface area contributed by atoms with E-state index in [0.29, 0.717) is 37.5 Å². The van der Waals surface area contributed by atoms with Crippen LogP contribution in [0.3, 0.4) is 0 Å². The number of hydrogen-bond donors (Lipinski definition) is 2. The Labute approximate surface area is 153 Å². The van der Waals surface area contributed by atoms with Crippen LogP contribution in [0.1, 0.15) is 41.1 Å². The molecule has 1 aliphatic heterocycles. The van der Waals surface area contributed by atoms with Crippen molar-refractivity contribution < 1.29 is 9.59 Å². The summed E-state index contributed by atoms with van der Waals surface area (Å²) in [6, 6.07) is 0. The molecule has 0 unspecified atom stereocenters. The normalized spacial score (nSPS) is 15.2. The zero-order valence-electron chi connectivity index (χ0n) is 15.4. The highest BCUT2D eigenvalue weighted by molar-refractivity contribution is 5.95. The van der Waals surface area contributed by atoms with Gasteiger partial charge in [0, 0.05) is 50.7 Å². The van der Waals surface area contributed by atoms with Crippen molar-refractivity contribution in [3.63, 3.8) is 0 Å². The zero-order valence-corrected chi connectivity index (χ0v) is 15.4. The fraction of sp³-hybridized carbons (Fsp3) is 0.556. The van der Waals surface area contributed by atoms with Crippen molar-refractivity contribution >= 4 is 11.8 Å². The number of H-pyrrole nitrogens is 1. The van der Waals surface area contributed by atoms with Gasteiger partial charge < -0.3 is 14.8 Å². The molecule has 140 valence electrons. The molecule has 26 heavy (non-hydrogen) atoms. The molecular formula is C18H26N6O2. The van der Waals surface area contributed by atoms with Gasteiger partial charge in [0.15, 0.2) is 0 Å². The monoisotopic (exact) mass is 358 g/mol. The maximum atomic E-state index is 12.5. The molecule has 0 atom stereocenters. The molecule has 0 radical (unpaired) electrons. The lowest BCUT2D eigenvalue weighted by Gasteiger charge is -2.31. The summed E-state index contributed by atoms with van der Waals surface area (Å²) in [5.74, 6) is 1.39. The number of nitrogens with zero attached hydrogens (tertiary/aromatic N) is 4. The first kappa shape index (κ1) is 18.2. The lowest BCUT2D eigenvalue weighted by atomic mass is 9.93. The minimum Gasteiger partial charge on any atom is -0.354 e. The van der Waals surface area contributed by atoms with Gasteiger partial charge >= 0.3 is 0 Å². The molecular weight excluding hydrogens is 332 g/mol. The summed E-state index contributed by atoms with van der Waals surface area (Å²) in [7, 11) is 0. The van der Waals surface area contributed by atoms with Crippen LogP contribution in [0.5, 0.6) is 0 Å². The third-order valence-electron chi connectivity index (χ3n) is 5.03. The first-order valence-electron chi connectivity index (χ1n) is 9.08. The molecule has 0 aliphatic carbocycles. The first-order valence-corrected chi connectivity index (χ1v) is 9.08. The summed E-state index contributed by atoms with van der Waals surface area (Å²) >= 11 is 0. The topological polar surface area (TPSA) is 95.9 Å². The van der Waals surface area contributed by atoms with Crippen molar-refractivity contribution in [3.05, 3.63) is 35.7 Å². The minimum atomic E-state index is 0.0230. The average molecular weight is 358 g/mol. The number of imidazole rings is 1. The second-order valence-corrected chi connectivity index (χ2v) is 6.87. The van der Waals surface area contributed by atoms with Gasteiger partial charge in [-0.05, 0) is 32.6 Å². The van der Waals surface area contributed by atoms with Crippen LogP contribution in [0.25, 0.3) is 0 Å². The average Bonchev–Trinajstić information content (AvgIpc) is 3.23. The lowest BCUT2D eigenvalue weighted by Crippen LogP contribution is -2.40. The number of aryl methyl sites for hydroxylation is 2. The Balaban J connectivity index is 1.38. The quantitative estimate of drug-likeness (QED) is 0.813. The fourth-order valence-electron chi connectivity index (χ4n) is 3.37. The largest absolute Gasteiger partial charge is 0.354 e. The van der Waals surface area contributed by atoms with E-state index in [1.807, 2.05) is 29.5 Å². The van der Waals surface area contributed by atoms with Crippen LogP contribution >= 0.6 is 0 Å². The summed E-state index contributed by atoms with van der Waals surface area (Å²) in [5.41, 5.74) is 1.43. The van der Waals surface area contributed by atoms with E-state index < -0.39 is 0 Å². The highest BCUT2D eigenvalue weighted by atomic mass is 16.2. The molecule has 0 bridgehead atoms. The Morgan fingerprint density at radius 3 is 2.69 bits per heavy atom. The number of aromatic nitrogens is 4. The van der Waals surface area contributed by atoms with Gasteiger partial charge in [-0.3, -0.25) is 14.7 Å². The van der Waals surface area contributed by atoms with Crippen LogP contribution in [-0.4, -0.2) is 56.1 Å². The number of rotatable bonds is 6. The van der Waals surface area contributed by atoms with E-state index >= 15 is 0 Å². The molecule has 1 fully saturated rings. The van der Waals surface area contributed by atoms with Gasteiger partial charge in [0.1, 0.15) is 5.82 Å². The number of hydrogen-bond acceptors (Lipinski definition) is 4. The predicted molar refractivity (Wildman–Crippen MR) is 96.5 cm³/mol. The van der Waals surface area contributed by atoms with E-state index in [1.54, 1.807) is 12.4 Å². The lowest BCUT2D eigenvalue weighted by molar-refractivity contribution is -0.122. The summed E-state index contributed by atoms with van der Waals surface area (Å²) in [6.45, 7) is 6.51. The molecule has 0 saturated carbocycles. The highest BCUT2D eigenvalue weighted by Crippen LogP contribution is 2.22. The van der Waals surface area contributed by atoms with Gasteiger partial charge in [-0.25, -0.2) is 4.98 Å². The molecule has 1 aliphatic rings. The van der Waals surface area contributed by atoms with Crippen LogP contribution in [0.4, 0.5) is 0 Å². The standard InChI is InChI=1S/C18H26N6O2/c1-13-16(12-21-22-13)18(26)24-7-3-15(4-8-24)11-17(25)20-6-10-23-9-5-19-14(23)2/h5,9,12,15H,3-4,6-8,10-11H2,1-2H3,(H,20,25)(H,21,22). The van der Waals surface area contributed by atoms with Gasteiger partial charge in [0.25, 0.3) is 5.91 Å². The van der Waals surface area contributed by atoms with E-state index in [-0.39, 0.29) is 11.8 Å². The molecule has 8 nitrogen and oxygen atoms in total. The van der Waals surface area contributed by atoms with Crippen molar-refractivity contribution in [2.24, 2.45) is 5.92 Å². The molecule has 1 saturated heterocycles. The number of carbonyl (C=O) groups excluding carboxylic acids is 2. The van der Waals surface area contributed by atoms with Crippen molar-refractivity contribution in [2.75, 3.05) is 19.6 Å². The van der Waals surface area contributed by atoms with E-state index in [4.69, 9.17) is 0 Å². The Kier molecular flexibility index (Phi) is 5.70. The molecule has 8 heteroatoms. The summed E-state index contributed by atoms with van der Waals surface area (Å²) < 4.78 is 2.02. The smallest absolute Gasteiger partial charge is 0.257 e. The molecule has 2 aromatic heterocycles. The summed E-state index contributed by atoms with van der Waals surface area (Å²) in [4.78, 5) is 30.6. The molecule has 3 heterocycles. The highest BCUT2D eigenvalue weighted by Gasteiger charge is 2.26. The fourth-order valence-corrected chi connectivity index (χ4v) is 3.37. The second-order valence-electron chi connectivity index (χ2n) is 6.87. The third-order valence-corrected chi connectivity index (χ3v) is 5.03. The van der Waals surface area contributed by atoms with Gasteiger partial charge in [-0.2, -0.15) is 5.10 Å². The van der Waals surface area contributed by atoms with Crippen LogP contribution < -0.4 is 5.32 Å². The van der Waals surface area contributed by atoms with Crippen LogP contribution in [0.2, 0.25) is 0 Å². The maximum absolute atomic E-state index is 12.5. The maximum Gasteiger partial charge on any atom is 0.257 e. The Bertz CT molecular complexity index is 757. The van der Waals surface area contributed by atoms with E-state index in [0.717, 1.165) is 30.9 Å². The van der Waals surface area contributed by atoms with E-state index in [1.165, 1.54) is 0 Å². The second kappa shape index (κ2) is 8.16. The van der Waals surface area contributed by atoms with Gasteiger partial charge in [0.05, 0.1) is 11.8 Å². The predicted octanol–water partition coefficient (Wildman–Crippen LogP) is 1.28. The van der Waals surface area contributed by atoms with E-state index in [9.17, 15) is 9.59 Å². The SMILES string of the molecule is Cc1[nH]ncc1C(=O)N1CCC(CC(=O)NCCn2ccnc2C)CC1. The number of aromatic amines is 1. The molecule has 0 aromatic carbocycles. The van der Waals surface area contributed by atoms with Gasteiger partial charge in [0.2, 0.25) is 5.91 Å². The van der Waals surface area contributed by atoms with Crippen molar-refractivity contribution in [1.29, 1.82) is 0 Å². The summed E-state index contributed by atoms with van der Waals surface area (Å²) in [5, 5.41) is 9.69. The Hall–Kier alpha value is -2.64.